The van der Waals surface area contributed by atoms with Gasteiger partial charge in [0.2, 0.25) is 11.3 Å². The molecule has 0 N–H and O–H groups in total. The van der Waals surface area contributed by atoms with Gasteiger partial charge in [0.25, 0.3) is 11.7 Å². The Bertz CT molecular complexity index is 2560. The van der Waals surface area contributed by atoms with Crippen LogP contribution in [0.1, 0.15) is 83.8 Å². The second-order valence-corrected chi connectivity index (χ2v) is 11.3. The third-order valence-corrected chi connectivity index (χ3v) is 9.55. The molecule has 49 heavy (non-hydrogen) atoms. The minimum Gasteiger partial charge on any atom is -0.256 e. The van der Waals surface area contributed by atoms with Crippen molar-refractivity contribution < 1.29 is 4.58 Å². The van der Waals surface area contributed by atoms with Crippen LogP contribution in [-0.4, -0.2) is 36.1 Å². The van der Waals surface area contributed by atoms with E-state index in [-0.39, 0.29) is 6.17 Å². The molecule has 8 heterocycles. The van der Waals surface area contributed by atoms with Crippen LogP contribution in [0, 0.1) is 0 Å². The van der Waals surface area contributed by atoms with Crippen LogP contribution < -0.4 is 11.0 Å². The van der Waals surface area contributed by atoms with Gasteiger partial charge in [-0.2, -0.15) is 4.58 Å². The van der Waals surface area contributed by atoms with Gasteiger partial charge in [0, 0.05) is 32.7 Å². The number of rotatable bonds is 0. The number of fused-ring (bicyclic) bond motifs is 12. The summed E-state index contributed by atoms with van der Waals surface area (Å²) in [4.78, 5) is 24.2. The molecule has 8 nitrogen and oxygen atoms in total. The highest BCUT2D eigenvalue weighted by atomic mass is 15.7. The Labute approximate surface area is 286 Å². The molecule has 0 saturated carbocycles. The Morgan fingerprint density at radius 3 is 1.73 bits per heavy atom. The van der Waals surface area contributed by atoms with Gasteiger partial charge in [-0.25, -0.2) is 19.1 Å². The SMILES string of the molecule is CC.CC.CC.CC.c1ccc2c(c1)C1=Nc3c4ccccc4c4n3[C@@]35N6C(=N4)c4ccccc4C6N=c4c6ccccc6c(n43)=NC2=[N+]15. The molecule has 1 unspecified atom stereocenters. The van der Waals surface area contributed by atoms with Crippen molar-refractivity contribution in [2.24, 2.45) is 20.0 Å². The molecule has 0 bridgehead atoms. The summed E-state index contributed by atoms with van der Waals surface area (Å²) in [6, 6.07) is 34.2. The van der Waals surface area contributed by atoms with Gasteiger partial charge >= 0.3 is 5.91 Å². The lowest BCUT2D eigenvalue weighted by Gasteiger charge is -2.50. The van der Waals surface area contributed by atoms with Crippen molar-refractivity contribution in [1.29, 1.82) is 0 Å². The number of nitrogens with zero attached hydrogens (tertiary/aromatic N) is 8. The number of hydrogen-bond donors (Lipinski definition) is 0. The first kappa shape index (κ1) is 30.7. The molecule has 6 aromatic rings. The lowest BCUT2D eigenvalue weighted by molar-refractivity contribution is -0.593. The normalized spacial score (nSPS) is 19.3. The van der Waals surface area contributed by atoms with Crippen molar-refractivity contribution in [3.8, 4) is 0 Å². The summed E-state index contributed by atoms with van der Waals surface area (Å²) in [5.74, 6) is 3.69. The van der Waals surface area contributed by atoms with Gasteiger partial charge in [0.1, 0.15) is 11.3 Å². The molecule has 0 amide bonds. The van der Waals surface area contributed by atoms with Gasteiger partial charge in [-0.1, -0.05) is 138 Å². The van der Waals surface area contributed by atoms with Gasteiger partial charge in [-0.3, -0.25) is 4.90 Å². The lowest BCUT2D eigenvalue weighted by Crippen LogP contribution is -2.73. The van der Waals surface area contributed by atoms with Crippen LogP contribution in [0.25, 0.3) is 21.5 Å². The number of hydrogen-bond acceptors (Lipinski definition) is 5. The summed E-state index contributed by atoms with van der Waals surface area (Å²) >= 11 is 0. The predicted molar refractivity (Wildman–Crippen MR) is 199 cm³/mol. The number of amidine groups is 3. The van der Waals surface area contributed by atoms with E-state index >= 15 is 0 Å². The van der Waals surface area contributed by atoms with Crippen molar-refractivity contribution >= 4 is 50.7 Å². The third-order valence-electron chi connectivity index (χ3n) is 9.55. The fourth-order valence-electron chi connectivity index (χ4n) is 8.07. The smallest absolute Gasteiger partial charge is 0.256 e. The van der Waals surface area contributed by atoms with Gasteiger partial charge in [0.15, 0.2) is 12.0 Å². The molecule has 1 spiro atoms. The fraction of sp³-hybridized carbons (Fsp3) is 0.244. The van der Waals surface area contributed by atoms with Crippen molar-refractivity contribution in [3.05, 3.63) is 130 Å². The maximum absolute atomic E-state index is 5.50. The van der Waals surface area contributed by atoms with Crippen LogP contribution in [0.3, 0.4) is 0 Å². The molecular formula is C41H41N8+. The average molecular weight is 646 g/mol. The Morgan fingerprint density at radius 1 is 0.531 bits per heavy atom. The van der Waals surface area contributed by atoms with E-state index in [1.165, 1.54) is 5.56 Å². The summed E-state index contributed by atoms with van der Waals surface area (Å²) in [5.41, 5.74) is 6.32. The molecule has 0 fully saturated rings. The van der Waals surface area contributed by atoms with Crippen LogP contribution in [0.5, 0.6) is 0 Å². The van der Waals surface area contributed by atoms with Crippen LogP contribution >= 0.6 is 0 Å². The second kappa shape index (κ2) is 11.2. The molecule has 0 radical (unpaired) electrons. The molecule has 0 saturated heterocycles. The van der Waals surface area contributed by atoms with Crippen LogP contribution in [0.15, 0.2) is 117 Å². The predicted octanol–water partition coefficient (Wildman–Crippen LogP) is 8.35. The number of benzene rings is 4. The van der Waals surface area contributed by atoms with E-state index in [9.17, 15) is 0 Å². The molecular weight excluding hydrogens is 605 g/mol. The summed E-state index contributed by atoms with van der Waals surface area (Å²) in [5, 5.41) is 4.39. The molecule has 12 rings (SSSR count). The molecule has 4 aromatic carbocycles. The minimum atomic E-state index is -0.886. The second-order valence-electron chi connectivity index (χ2n) is 11.3. The van der Waals surface area contributed by atoms with Crippen LogP contribution in [0.4, 0.5) is 11.6 Å². The zero-order valence-corrected chi connectivity index (χ0v) is 29.4. The monoisotopic (exact) mass is 645 g/mol. The molecule has 0 aliphatic carbocycles. The van der Waals surface area contributed by atoms with Crippen molar-refractivity contribution in [3.63, 3.8) is 0 Å². The van der Waals surface area contributed by atoms with Gasteiger partial charge < -0.3 is 0 Å². The first-order chi connectivity index (χ1) is 24.4. The Balaban J connectivity index is 0.000000410. The number of aliphatic imine (C=N–C) groups is 2. The summed E-state index contributed by atoms with van der Waals surface area (Å²) in [6.45, 7) is 16.0. The Morgan fingerprint density at radius 2 is 1.06 bits per heavy atom. The van der Waals surface area contributed by atoms with E-state index in [0.29, 0.717) is 0 Å². The van der Waals surface area contributed by atoms with Crippen molar-refractivity contribution in [2.45, 2.75) is 67.5 Å². The topological polar surface area (TPSA) is 65.5 Å². The summed E-state index contributed by atoms with van der Waals surface area (Å²) < 4.78 is 7.06. The summed E-state index contributed by atoms with van der Waals surface area (Å²) in [7, 11) is 0. The first-order valence-electron chi connectivity index (χ1n) is 17.9. The maximum Gasteiger partial charge on any atom is 0.352 e. The number of aromatic nitrogens is 2. The zero-order chi connectivity index (χ0) is 34.2. The van der Waals surface area contributed by atoms with Crippen LogP contribution in [-0.2, 0) is 5.91 Å². The fourth-order valence-corrected chi connectivity index (χ4v) is 8.07. The molecule has 6 aliphatic heterocycles. The highest BCUT2D eigenvalue weighted by molar-refractivity contribution is 6.18. The van der Waals surface area contributed by atoms with Crippen molar-refractivity contribution in [2.75, 3.05) is 0 Å². The largest absolute Gasteiger partial charge is 0.352 e. The maximum atomic E-state index is 5.50. The average Bonchev–Trinajstić information content (AvgIpc) is 3.91. The minimum absolute atomic E-state index is 0.252. The van der Waals surface area contributed by atoms with E-state index in [1.54, 1.807) is 0 Å². The van der Waals surface area contributed by atoms with Crippen molar-refractivity contribution in [1.82, 2.24) is 14.0 Å². The van der Waals surface area contributed by atoms with Gasteiger partial charge in [-0.15, -0.1) is 0 Å². The highest BCUT2D eigenvalue weighted by Gasteiger charge is 2.68. The molecule has 2 atom stereocenters. The van der Waals surface area contributed by atoms with E-state index in [1.807, 2.05) is 55.4 Å². The van der Waals surface area contributed by atoms with E-state index in [0.717, 1.165) is 78.4 Å². The lowest BCUT2D eigenvalue weighted by atomic mass is 10.1. The summed E-state index contributed by atoms with van der Waals surface area (Å²) in [6.07, 6.45) is -0.252. The van der Waals surface area contributed by atoms with E-state index in [2.05, 4.69) is 116 Å². The van der Waals surface area contributed by atoms with E-state index in [4.69, 9.17) is 20.0 Å². The van der Waals surface area contributed by atoms with Gasteiger partial charge in [0.05, 0.1) is 11.1 Å². The standard InChI is InChI=1S/C33H17N8.4C2H6/c1-2-10-18-17(9-1)25-34-27-19-11-3-4-12-20(19)29-36-31-23-15-7-8-16-24(23)32-37-30-22-14-6-5-13-21(22)28-35-26(18)38(25)33(39(27)29,40(28)30)41(31)32;4*1-2/h1-16,25H;4*1-2H3/q+1;;;;/t25?,33-;;;;/m1..../s1. The van der Waals surface area contributed by atoms with E-state index < -0.39 is 5.91 Å². The molecule has 2 aromatic heterocycles. The molecule has 8 heteroatoms. The van der Waals surface area contributed by atoms with Crippen LogP contribution in [0.2, 0.25) is 0 Å². The quantitative estimate of drug-likeness (QED) is 0.153. The zero-order valence-electron chi connectivity index (χ0n) is 29.4. The van der Waals surface area contributed by atoms with Gasteiger partial charge in [-0.05, 0) is 24.3 Å². The Hall–Kier alpha value is -5.63. The Kier molecular flexibility index (Phi) is 7.03. The highest BCUT2D eigenvalue weighted by Crippen LogP contribution is 2.56. The first-order valence-corrected chi connectivity index (χ1v) is 17.9. The third kappa shape index (κ3) is 3.41. The molecule has 244 valence electrons. The molecule has 6 aliphatic rings.